The number of halogens is 2. The Balaban J connectivity index is 1.63. The number of carbonyl (C=O) groups excluding carboxylic acids is 2. The van der Waals surface area contributed by atoms with Crippen LogP contribution in [-0.4, -0.2) is 63.0 Å². The molecule has 1 aromatic heterocycles. The van der Waals surface area contributed by atoms with Crippen molar-refractivity contribution in [3.63, 3.8) is 0 Å². The van der Waals surface area contributed by atoms with Crippen molar-refractivity contribution in [1.82, 2.24) is 25.0 Å². The van der Waals surface area contributed by atoms with Crippen LogP contribution in [0.25, 0.3) is 0 Å². The Morgan fingerprint density at radius 3 is 2.75 bits per heavy atom. The summed E-state index contributed by atoms with van der Waals surface area (Å²) in [5.41, 5.74) is -0.435. The summed E-state index contributed by atoms with van der Waals surface area (Å²) in [6.45, 7) is 5.25. The van der Waals surface area contributed by atoms with Crippen LogP contribution in [0.5, 0.6) is 0 Å². The van der Waals surface area contributed by atoms with Crippen LogP contribution >= 0.6 is 11.6 Å². The molecule has 2 amide bonds. The molecule has 0 unspecified atom stereocenters. The molecule has 1 N–H and O–H groups in total. The number of H-pyrrole nitrogens is 1. The number of piperidine rings is 1. The van der Waals surface area contributed by atoms with E-state index in [4.69, 9.17) is 11.6 Å². The molecule has 0 bridgehead atoms. The fourth-order valence-electron chi connectivity index (χ4n) is 4.37. The smallest absolute Gasteiger partial charge is 0.256 e. The average Bonchev–Trinajstić information content (AvgIpc) is 3.27. The van der Waals surface area contributed by atoms with Gasteiger partial charge in [-0.3, -0.25) is 14.7 Å². The summed E-state index contributed by atoms with van der Waals surface area (Å²) < 4.78 is 14.2. The maximum atomic E-state index is 14.2. The van der Waals surface area contributed by atoms with E-state index < -0.39 is 11.2 Å². The molecule has 9 heteroatoms. The lowest BCUT2D eigenvalue weighted by atomic mass is 9.71. The standard InChI is InChI=1S/C19H21ClFN5O2/c1-11-22-18(24-23-11)19-5-6-25(8-13(19)9-26(10-19)12(2)27)17(28)15-7-14(20)3-4-16(15)21/h3-4,7,13H,5-6,8-10H2,1-2H3,(H,22,23,24)/t13-,19-/m1/s1. The van der Waals surface area contributed by atoms with Gasteiger partial charge in [-0.2, -0.15) is 5.10 Å². The zero-order valence-corrected chi connectivity index (χ0v) is 16.5. The molecule has 2 aliphatic rings. The Morgan fingerprint density at radius 1 is 1.32 bits per heavy atom. The van der Waals surface area contributed by atoms with Crippen molar-refractivity contribution in [2.24, 2.45) is 5.92 Å². The third kappa shape index (κ3) is 3.05. The van der Waals surface area contributed by atoms with Crippen molar-refractivity contribution in [3.05, 3.63) is 46.3 Å². The van der Waals surface area contributed by atoms with Crippen molar-refractivity contribution in [2.45, 2.75) is 25.7 Å². The lowest BCUT2D eigenvalue weighted by Gasteiger charge is -2.41. The highest BCUT2D eigenvalue weighted by Gasteiger charge is 2.54. The van der Waals surface area contributed by atoms with Gasteiger partial charge in [-0.1, -0.05) is 11.6 Å². The van der Waals surface area contributed by atoms with Gasteiger partial charge >= 0.3 is 0 Å². The zero-order valence-electron chi connectivity index (χ0n) is 15.7. The number of carbonyl (C=O) groups is 2. The molecule has 28 heavy (non-hydrogen) atoms. The van der Waals surface area contributed by atoms with Gasteiger partial charge in [0.1, 0.15) is 11.6 Å². The van der Waals surface area contributed by atoms with Crippen LogP contribution in [0.4, 0.5) is 4.39 Å². The summed E-state index contributed by atoms with van der Waals surface area (Å²) in [5, 5.41) is 7.56. The Morgan fingerprint density at radius 2 is 2.07 bits per heavy atom. The highest BCUT2D eigenvalue weighted by molar-refractivity contribution is 6.31. The Labute approximate surface area is 166 Å². The lowest BCUT2D eigenvalue weighted by Crippen LogP contribution is -2.52. The number of nitrogens with one attached hydrogen (secondary N) is 1. The first kappa shape index (κ1) is 18.9. The Bertz CT molecular complexity index is 948. The average molecular weight is 406 g/mol. The molecule has 1 aromatic carbocycles. The maximum absolute atomic E-state index is 14.2. The minimum atomic E-state index is -0.590. The van der Waals surface area contributed by atoms with Crippen LogP contribution in [0.15, 0.2) is 18.2 Å². The van der Waals surface area contributed by atoms with Crippen molar-refractivity contribution < 1.29 is 14.0 Å². The van der Waals surface area contributed by atoms with Crippen LogP contribution < -0.4 is 0 Å². The normalized spacial score (nSPS) is 24.4. The topological polar surface area (TPSA) is 82.2 Å². The highest BCUT2D eigenvalue weighted by atomic mass is 35.5. The number of hydrogen-bond acceptors (Lipinski definition) is 4. The second-order valence-corrected chi connectivity index (χ2v) is 8.06. The van der Waals surface area contributed by atoms with Crippen molar-refractivity contribution in [2.75, 3.05) is 26.2 Å². The maximum Gasteiger partial charge on any atom is 0.256 e. The fourth-order valence-corrected chi connectivity index (χ4v) is 4.54. The van der Waals surface area contributed by atoms with E-state index in [0.717, 1.165) is 0 Å². The second-order valence-electron chi connectivity index (χ2n) is 7.62. The summed E-state index contributed by atoms with van der Waals surface area (Å²) in [4.78, 5) is 32.9. The van der Waals surface area contributed by atoms with Gasteiger partial charge in [-0.15, -0.1) is 0 Å². The third-order valence-electron chi connectivity index (χ3n) is 5.90. The first-order valence-electron chi connectivity index (χ1n) is 9.19. The minimum absolute atomic E-state index is 0.0141. The highest BCUT2D eigenvalue weighted by Crippen LogP contribution is 2.44. The number of aromatic nitrogens is 3. The van der Waals surface area contributed by atoms with Crippen LogP contribution in [0.1, 0.15) is 35.4 Å². The zero-order chi connectivity index (χ0) is 20.1. The molecular weight excluding hydrogens is 385 g/mol. The van der Waals surface area contributed by atoms with E-state index in [-0.39, 0.29) is 23.3 Å². The summed E-state index contributed by atoms with van der Waals surface area (Å²) >= 11 is 5.95. The fraction of sp³-hybridized carbons (Fsp3) is 0.474. The quantitative estimate of drug-likeness (QED) is 0.830. The van der Waals surface area contributed by atoms with Crippen LogP contribution in [0, 0.1) is 18.7 Å². The van der Waals surface area contributed by atoms with Gasteiger partial charge in [-0.05, 0) is 31.5 Å². The molecule has 0 aliphatic carbocycles. The number of nitrogens with zero attached hydrogens (tertiary/aromatic N) is 4. The van der Waals surface area contributed by atoms with Crippen LogP contribution in [-0.2, 0) is 10.2 Å². The third-order valence-corrected chi connectivity index (χ3v) is 6.13. The molecular formula is C19H21ClFN5O2. The van der Waals surface area contributed by atoms with Crippen molar-refractivity contribution in [3.8, 4) is 0 Å². The number of amides is 2. The molecule has 7 nitrogen and oxygen atoms in total. The summed E-state index contributed by atoms with van der Waals surface area (Å²) in [6, 6.07) is 3.98. The van der Waals surface area contributed by atoms with E-state index in [1.807, 2.05) is 6.92 Å². The van der Waals surface area contributed by atoms with E-state index in [1.54, 1.807) is 16.7 Å². The van der Waals surface area contributed by atoms with Gasteiger partial charge in [0, 0.05) is 44.0 Å². The van der Waals surface area contributed by atoms with Gasteiger partial charge in [0.2, 0.25) is 5.91 Å². The van der Waals surface area contributed by atoms with Gasteiger partial charge in [0.15, 0.2) is 5.82 Å². The second kappa shape index (κ2) is 6.84. The molecule has 2 fully saturated rings. The Kier molecular flexibility index (Phi) is 4.61. The first-order chi connectivity index (χ1) is 13.3. The predicted molar refractivity (Wildman–Crippen MR) is 100 cm³/mol. The molecule has 3 heterocycles. The van der Waals surface area contributed by atoms with Gasteiger partial charge in [0.05, 0.1) is 11.0 Å². The van der Waals surface area contributed by atoms with Gasteiger partial charge in [-0.25, -0.2) is 9.37 Å². The van der Waals surface area contributed by atoms with E-state index in [9.17, 15) is 14.0 Å². The predicted octanol–water partition coefficient (Wildman–Crippen LogP) is 2.17. The molecule has 2 aliphatic heterocycles. The van der Waals surface area contributed by atoms with Crippen molar-refractivity contribution >= 4 is 23.4 Å². The molecule has 0 spiro atoms. The van der Waals surface area contributed by atoms with Gasteiger partial charge in [0.25, 0.3) is 5.91 Å². The van der Waals surface area contributed by atoms with Crippen molar-refractivity contribution in [1.29, 1.82) is 0 Å². The number of rotatable bonds is 2. The lowest BCUT2D eigenvalue weighted by molar-refractivity contribution is -0.128. The largest absolute Gasteiger partial charge is 0.342 e. The first-order valence-corrected chi connectivity index (χ1v) is 9.57. The molecule has 148 valence electrons. The van der Waals surface area contributed by atoms with E-state index in [1.165, 1.54) is 18.2 Å². The number of benzene rings is 1. The number of fused-ring (bicyclic) bond motifs is 1. The minimum Gasteiger partial charge on any atom is -0.342 e. The van der Waals surface area contributed by atoms with E-state index >= 15 is 0 Å². The summed E-state index contributed by atoms with van der Waals surface area (Å²) in [7, 11) is 0. The van der Waals surface area contributed by atoms with Crippen LogP contribution in [0.3, 0.4) is 0 Å². The molecule has 0 saturated carbocycles. The number of aromatic amines is 1. The molecule has 2 saturated heterocycles. The molecule has 2 atom stereocenters. The SMILES string of the molecule is CC(=O)N1C[C@H]2CN(C(=O)c3cc(Cl)ccc3F)CC[C@@]2(c2n[nH]c(C)n2)C1. The van der Waals surface area contributed by atoms with E-state index in [2.05, 4.69) is 15.2 Å². The summed E-state index contributed by atoms with van der Waals surface area (Å²) in [5.74, 6) is 0.378. The number of aryl methyl sites for hydroxylation is 1. The van der Waals surface area contributed by atoms with Crippen LogP contribution in [0.2, 0.25) is 5.02 Å². The number of likely N-dealkylation sites (tertiary alicyclic amines) is 2. The number of hydrogen-bond donors (Lipinski definition) is 1. The molecule has 2 aromatic rings. The van der Waals surface area contributed by atoms with E-state index in [0.29, 0.717) is 49.3 Å². The monoisotopic (exact) mass is 405 g/mol. The molecule has 0 radical (unpaired) electrons. The van der Waals surface area contributed by atoms with Gasteiger partial charge < -0.3 is 9.80 Å². The summed E-state index contributed by atoms with van der Waals surface area (Å²) in [6.07, 6.45) is 0.604. The molecule has 4 rings (SSSR count). The Hall–Kier alpha value is -2.48.